The van der Waals surface area contributed by atoms with E-state index in [-0.39, 0.29) is 17.4 Å². The number of hydrogen-bond donors (Lipinski definition) is 2. The quantitative estimate of drug-likeness (QED) is 0.737. The van der Waals surface area contributed by atoms with Crippen LogP contribution in [0.5, 0.6) is 5.75 Å². The predicted molar refractivity (Wildman–Crippen MR) is 97.5 cm³/mol. The molecule has 1 amide bonds. The molecule has 0 saturated carbocycles. The molecule has 1 unspecified atom stereocenters. The van der Waals surface area contributed by atoms with Crippen LogP contribution in [0, 0.1) is 0 Å². The van der Waals surface area contributed by atoms with E-state index in [1.807, 2.05) is 12.1 Å². The molecule has 0 saturated heterocycles. The lowest BCUT2D eigenvalue weighted by Crippen LogP contribution is -2.27. The number of carbonyl (C=O) groups excluding carboxylic acids is 1. The average molecular weight is 355 g/mol. The summed E-state index contributed by atoms with van der Waals surface area (Å²) in [5.74, 6) is 0.180. The normalized spacial score (nSPS) is 16.1. The molecular weight excluding hydrogens is 340 g/mol. The number of rotatable bonds is 2. The molecule has 5 nitrogen and oxygen atoms in total. The first-order chi connectivity index (χ1) is 12.1. The summed E-state index contributed by atoms with van der Waals surface area (Å²) in [6, 6.07) is 12.5. The van der Waals surface area contributed by atoms with Gasteiger partial charge in [-0.05, 0) is 30.7 Å². The minimum absolute atomic E-state index is 0.149. The van der Waals surface area contributed by atoms with Gasteiger partial charge in [-0.25, -0.2) is 0 Å². The number of nitrogens with one attached hydrogen (secondary N) is 2. The number of hydrogen-bond acceptors (Lipinski definition) is 3. The van der Waals surface area contributed by atoms with Crippen LogP contribution in [0.25, 0.3) is 10.8 Å². The minimum atomic E-state index is -0.354. The van der Waals surface area contributed by atoms with Crippen molar-refractivity contribution in [3.63, 3.8) is 0 Å². The van der Waals surface area contributed by atoms with Crippen molar-refractivity contribution in [2.45, 2.75) is 12.3 Å². The number of pyridine rings is 1. The van der Waals surface area contributed by atoms with Gasteiger partial charge in [0.25, 0.3) is 5.56 Å². The van der Waals surface area contributed by atoms with Crippen LogP contribution >= 0.6 is 11.6 Å². The molecule has 0 radical (unpaired) electrons. The predicted octanol–water partition coefficient (Wildman–Crippen LogP) is 3.69. The second-order valence-electron chi connectivity index (χ2n) is 5.94. The Kier molecular flexibility index (Phi) is 3.93. The van der Waals surface area contributed by atoms with Crippen molar-refractivity contribution in [1.82, 2.24) is 4.98 Å². The summed E-state index contributed by atoms with van der Waals surface area (Å²) >= 11 is 6.08. The van der Waals surface area contributed by atoms with Gasteiger partial charge in [-0.1, -0.05) is 29.8 Å². The average Bonchev–Trinajstić information content (AvgIpc) is 2.63. The third kappa shape index (κ3) is 2.87. The number of aromatic amines is 1. The van der Waals surface area contributed by atoms with E-state index in [0.29, 0.717) is 40.3 Å². The van der Waals surface area contributed by atoms with Crippen LogP contribution in [-0.4, -0.2) is 17.5 Å². The maximum Gasteiger partial charge on any atom is 0.255 e. The summed E-state index contributed by atoms with van der Waals surface area (Å²) in [6.07, 6.45) is 2.10. The number of halogens is 1. The van der Waals surface area contributed by atoms with E-state index < -0.39 is 0 Å². The van der Waals surface area contributed by atoms with Crippen LogP contribution in [0.1, 0.15) is 17.9 Å². The molecule has 2 aromatic carbocycles. The van der Waals surface area contributed by atoms with Gasteiger partial charge in [0.2, 0.25) is 5.91 Å². The van der Waals surface area contributed by atoms with E-state index in [2.05, 4.69) is 10.3 Å². The van der Waals surface area contributed by atoms with Gasteiger partial charge in [-0.15, -0.1) is 0 Å². The molecule has 1 aliphatic rings. The van der Waals surface area contributed by atoms with E-state index in [4.69, 9.17) is 16.3 Å². The standard InChI is InChI=1S/C19H15ClN2O3/c20-11-5-6-17-15(9-11)14(7-8-25-17)19(24)22-16-10-21-18(23)13-4-2-1-3-12(13)16/h1-6,9-10,14H,7-8H2,(H,21,23)(H,22,24). The number of aromatic nitrogens is 1. The van der Waals surface area contributed by atoms with E-state index in [1.165, 1.54) is 6.20 Å². The van der Waals surface area contributed by atoms with Crippen LogP contribution in [-0.2, 0) is 4.79 Å². The molecule has 6 heteroatoms. The van der Waals surface area contributed by atoms with Crippen molar-refractivity contribution in [3.05, 3.63) is 69.6 Å². The lowest BCUT2D eigenvalue weighted by Gasteiger charge is -2.25. The Bertz CT molecular complexity index is 1030. The van der Waals surface area contributed by atoms with Gasteiger partial charge >= 0.3 is 0 Å². The second-order valence-corrected chi connectivity index (χ2v) is 6.37. The van der Waals surface area contributed by atoms with Crippen molar-refractivity contribution in [3.8, 4) is 5.75 Å². The van der Waals surface area contributed by atoms with Crippen molar-refractivity contribution in [2.24, 2.45) is 0 Å². The zero-order valence-electron chi connectivity index (χ0n) is 13.2. The maximum atomic E-state index is 12.9. The highest BCUT2D eigenvalue weighted by molar-refractivity contribution is 6.30. The highest BCUT2D eigenvalue weighted by Gasteiger charge is 2.28. The Morgan fingerprint density at radius 2 is 2.00 bits per heavy atom. The Morgan fingerprint density at radius 3 is 2.84 bits per heavy atom. The SMILES string of the molecule is O=C(Nc1c[nH]c(=O)c2ccccc12)C1CCOc2ccc(Cl)cc21. The second kappa shape index (κ2) is 6.26. The molecule has 4 rings (SSSR count). The van der Waals surface area contributed by atoms with E-state index in [9.17, 15) is 9.59 Å². The monoisotopic (exact) mass is 354 g/mol. The molecule has 126 valence electrons. The molecule has 2 heterocycles. The fourth-order valence-corrected chi connectivity index (χ4v) is 3.35. The highest BCUT2D eigenvalue weighted by Crippen LogP contribution is 2.36. The number of carbonyl (C=O) groups is 1. The zero-order chi connectivity index (χ0) is 17.4. The van der Waals surface area contributed by atoms with Crippen molar-refractivity contribution in [1.29, 1.82) is 0 Å². The summed E-state index contributed by atoms with van der Waals surface area (Å²) in [7, 11) is 0. The first-order valence-corrected chi connectivity index (χ1v) is 8.35. The highest BCUT2D eigenvalue weighted by atomic mass is 35.5. The number of H-pyrrole nitrogens is 1. The van der Waals surface area contributed by atoms with Gasteiger partial charge in [-0.2, -0.15) is 0 Å². The van der Waals surface area contributed by atoms with Crippen molar-refractivity contribution in [2.75, 3.05) is 11.9 Å². The molecule has 25 heavy (non-hydrogen) atoms. The van der Waals surface area contributed by atoms with Gasteiger partial charge in [0.15, 0.2) is 0 Å². The number of ether oxygens (including phenoxy) is 1. The van der Waals surface area contributed by atoms with Gasteiger partial charge < -0.3 is 15.0 Å². The molecule has 2 N–H and O–H groups in total. The third-order valence-electron chi connectivity index (χ3n) is 4.40. The van der Waals surface area contributed by atoms with Gasteiger partial charge in [-0.3, -0.25) is 9.59 Å². The van der Waals surface area contributed by atoms with Crippen LogP contribution in [0.2, 0.25) is 5.02 Å². The Balaban J connectivity index is 1.70. The van der Waals surface area contributed by atoms with Crippen LogP contribution in [0.4, 0.5) is 5.69 Å². The maximum absolute atomic E-state index is 12.9. The largest absolute Gasteiger partial charge is 0.493 e. The fraction of sp³-hybridized carbons (Fsp3) is 0.158. The Hall–Kier alpha value is -2.79. The van der Waals surface area contributed by atoms with E-state index in [1.54, 1.807) is 30.3 Å². The zero-order valence-corrected chi connectivity index (χ0v) is 14.0. The molecule has 3 aromatic rings. The first-order valence-electron chi connectivity index (χ1n) is 7.97. The van der Waals surface area contributed by atoms with Crippen LogP contribution < -0.4 is 15.6 Å². The van der Waals surface area contributed by atoms with E-state index in [0.717, 1.165) is 5.56 Å². The molecular formula is C19H15ClN2O3. The minimum Gasteiger partial charge on any atom is -0.493 e. The summed E-state index contributed by atoms with van der Waals surface area (Å²) in [5.41, 5.74) is 1.18. The summed E-state index contributed by atoms with van der Waals surface area (Å²) in [6.45, 7) is 0.471. The van der Waals surface area contributed by atoms with E-state index >= 15 is 0 Å². The smallest absolute Gasteiger partial charge is 0.255 e. The third-order valence-corrected chi connectivity index (χ3v) is 4.63. The molecule has 0 fully saturated rings. The molecule has 0 bridgehead atoms. The molecule has 1 aromatic heterocycles. The molecule has 0 aliphatic carbocycles. The van der Waals surface area contributed by atoms with Crippen LogP contribution in [0.15, 0.2) is 53.5 Å². The Labute approximate surface area is 148 Å². The summed E-state index contributed by atoms with van der Waals surface area (Å²) in [4.78, 5) is 27.5. The molecule has 1 atom stereocenters. The van der Waals surface area contributed by atoms with Crippen molar-refractivity contribution < 1.29 is 9.53 Å². The number of fused-ring (bicyclic) bond motifs is 2. The lowest BCUT2D eigenvalue weighted by atomic mass is 9.92. The Morgan fingerprint density at radius 1 is 1.20 bits per heavy atom. The fourth-order valence-electron chi connectivity index (χ4n) is 3.17. The first kappa shape index (κ1) is 15.7. The number of amides is 1. The molecule has 1 aliphatic heterocycles. The lowest BCUT2D eigenvalue weighted by molar-refractivity contribution is -0.118. The number of benzene rings is 2. The van der Waals surface area contributed by atoms with Crippen LogP contribution in [0.3, 0.4) is 0 Å². The topological polar surface area (TPSA) is 71.2 Å². The van der Waals surface area contributed by atoms with Gasteiger partial charge in [0, 0.05) is 27.6 Å². The summed E-state index contributed by atoms with van der Waals surface area (Å²) < 4.78 is 5.61. The molecule has 0 spiro atoms. The summed E-state index contributed by atoms with van der Waals surface area (Å²) in [5, 5.41) is 4.74. The van der Waals surface area contributed by atoms with Gasteiger partial charge in [0.05, 0.1) is 18.2 Å². The number of anilines is 1. The van der Waals surface area contributed by atoms with Gasteiger partial charge in [0.1, 0.15) is 5.75 Å². The van der Waals surface area contributed by atoms with Crippen molar-refractivity contribution >= 4 is 34.0 Å².